The summed E-state index contributed by atoms with van der Waals surface area (Å²) in [6.07, 6.45) is 1.05. The van der Waals surface area contributed by atoms with Crippen LogP contribution in [0, 0.1) is 11.8 Å². The van der Waals surface area contributed by atoms with Crippen LogP contribution in [0.1, 0.15) is 47.0 Å². The second-order valence-electron chi connectivity index (χ2n) is 8.89. The molecule has 1 saturated heterocycles. The van der Waals surface area contributed by atoms with Crippen molar-refractivity contribution in [2.75, 3.05) is 13.7 Å². The molecule has 0 unspecified atom stereocenters. The Kier molecular flexibility index (Phi) is 8.07. The highest BCUT2D eigenvalue weighted by Crippen LogP contribution is 2.51. The number of rotatable bonds is 9. The molecule has 30 heavy (non-hydrogen) atoms. The quantitative estimate of drug-likeness (QED) is 0.384. The van der Waals surface area contributed by atoms with Crippen LogP contribution in [0.3, 0.4) is 0 Å². The van der Waals surface area contributed by atoms with Gasteiger partial charge in [0.15, 0.2) is 0 Å². The third-order valence-corrected chi connectivity index (χ3v) is 5.98. The van der Waals surface area contributed by atoms with Gasteiger partial charge in [-0.15, -0.1) is 0 Å². The predicted octanol–water partition coefficient (Wildman–Crippen LogP) is 2.06. The molecular formula is C22H36N2O6. The average molecular weight is 425 g/mol. The molecule has 6 atom stereocenters. The first-order valence-electron chi connectivity index (χ1n) is 10.5. The largest absolute Gasteiger partial charge is 0.443 e. The van der Waals surface area contributed by atoms with Crippen molar-refractivity contribution in [3.05, 3.63) is 23.8 Å². The minimum Gasteiger partial charge on any atom is -0.443 e. The van der Waals surface area contributed by atoms with Gasteiger partial charge in [0, 0.05) is 13.0 Å². The molecule has 8 nitrogen and oxygen atoms in total. The molecule has 1 heterocycles. The van der Waals surface area contributed by atoms with E-state index in [1.54, 1.807) is 21.0 Å². The molecule has 1 aliphatic heterocycles. The van der Waals surface area contributed by atoms with E-state index in [-0.39, 0.29) is 11.8 Å². The van der Waals surface area contributed by atoms with E-state index in [0.717, 1.165) is 5.57 Å². The Balaban J connectivity index is 2.13. The molecule has 0 bridgehead atoms. The van der Waals surface area contributed by atoms with Gasteiger partial charge in [-0.2, -0.15) is 0 Å². The number of alkyl carbamates (subject to hydrolysis) is 1. The Morgan fingerprint density at radius 2 is 2.03 bits per heavy atom. The number of aliphatic hydroxyl groups is 1. The number of nitrogens with one attached hydrogen (secondary N) is 1. The van der Waals surface area contributed by atoms with Crippen LogP contribution in [0.15, 0.2) is 23.8 Å². The van der Waals surface area contributed by atoms with Crippen LogP contribution in [0.5, 0.6) is 0 Å². The highest BCUT2D eigenvalue weighted by molar-refractivity contribution is 5.84. The van der Waals surface area contributed by atoms with E-state index >= 15 is 0 Å². The van der Waals surface area contributed by atoms with Gasteiger partial charge in [-0.1, -0.05) is 32.1 Å². The maximum atomic E-state index is 12.4. The maximum absolute atomic E-state index is 12.4. The Morgan fingerprint density at radius 3 is 2.50 bits per heavy atom. The lowest BCUT2D eigenvalue weighted by Gasteiger charge is -2.42. The van der Waals surface area contributed by atoms with E-state index in [2.05, 4.69) is 11.9 Å². The zero-order chi connectivity index (χ0) is 22.6. The predicted molar refractivity (Wildman–Crippen MR) is 113 cm³/mol. The zero-order valence-corrected chi connectivity index (χ0v) is 18.6. The first-order chi connectivity index (χ1) is 14.0. The summed E-state index contributed by atoms with van der Waals surface area (Å²) < 4.78 is 17.1. The molecule has 2 aliphatic rings. The van der Waals surface area contributed by atoms with Crippen LogP contribution in [0.4, 0.5) is 4.79 Å². The lowest BCUT2D eigenvalue weighted by molar-refractivity contribution is -0.121. The van der Waals surface area contributed by atoms with Gasteiger partial charge in [0.05, 0.1) is 12.7 Å². The summed E-state index contributed by atoms with van der Waals surface area (Å²) in [6.45, 7) is 12.2. The SMILES string of the molecule is C=C([C@H](O)CC=C(C)C)[C@H]1[C@H](OC)[C@H](OC(=O)N[C@@H](C(N)=O)C(C)C)CC[C@]12CO2. The highest BCUT2D eigenvalue weighted by atomic mass is 16.6. The molecule has 0 aromatic rings. The molecule has 170 valence electrons. The number of methoxy groups -OCH3 is 1. The lowest BCUT2D eigenvalue weighted by Crippen LogP contribution is -2.54. The number of ether oxygens (including phenoxy) is 3. The molecule has 4 N–H and O–H groups in total. The lowest BCUT2D eigenvalue weighted by atomic mass is 9.70. The number of aliphatic hydroxyl groups excluding tert-OH is 1. The highest BCUT2D eigenvalue weighted by Gasteiger charge is 2.60. The van der Waals surface area contributed by atoms with Crippen molar-refractivity contribution in [2.45, 2.75) is 76.9 Å². The van der Waals surface area contributed by atoms with Crippen LogP contribution in [0.2, 0.25) is 0 Å². The van der Waals surface area contributed by atoms with Crippen LogP contribution in [-0.2, 0) is 19.0 Å². The summed E-state index contributed by atoms with van der Waals surface area (Å²) in [7, 11) is 1.55. The summed E-state index contributed by atoms with van der Waals surface area (Å²) in [5.74, 6) is -1.10. The monoisotopic (exact) mass is 424 g/mol. The van der Waals surface area contributed by atoms with Crippen molar-refractivity contribution in [1.82, 2.24) is 5.32 Å². The Labute approximate surface area is 178 Å². The second-order valence-corrected chi connectivity index (χ2v) is 8.89. The van der Waals surface area contributed by atoms with Gasteiger partial charge in [0.25, 0.3) is 0 Å². The third-order valence-electron chi connectivity index (χ3n) is 5.98. The van der Waals surface area contributed by atoms with Crippen molar-refractivity contribution in [2.24, 2.45) is 17.6 Å². The fourth-order valence-electron chi connectivity index (χ4n) is 4.17. The second kappa shape index (κ2) is 9.94. The number of carbonyl (C=O) groups is 2. The van der Waals surface area contributed by atoms with E-state index in [1.165, 1.54) is 0 Å². The van der Waals surface area contributed by atoms with Gasteiger partial charge in [0.1, 0.15) is 23.9 Å². The van der Waals surface area contributed by atoms with E-state index < -0.39 is 42.0 Å². The molecular weight excluding hydrogens is 388 g/mol. The number of epoxide rings is 1. The molecule has 0 aromatic heterocycles. The van der Waals surface area contributed by atoms with Gasteiger partial charge in [-0.25, -0.2) is 4.79 Å². The molecule has 1 spiro atoms. The molecule has 2 rings (SSSR count). The molecule has 0 radical (unpaired) electrons. The third kappa shape index (κ3) is 5.62. The average Bonchev–Trinajstić information content (AvgIpc) is 3.44. The van der Waals surface area contributed by atoms with Crippen molar-refractivity contribution in [1.29, 1.82) is 0 Å². The summed E-state index contributed by atoms with van der Waals surface area (Å²) in [5.41, 5.74) is 6.65. The van der Waals surface area contributed by atoms with Crippen LogP contribution >= 0.6 is 0 Å². The molecule has 8 heteroatoms. The van der Waals surface area contributed by atoms with Gasteiger partial charge >= 0.3 is 6.09 Å². The van der Waals surface area contributed by atoms with Crippen LogP contribution in [0.25, 0.3) is 0 Å². The summed E-state index contributed by atoms with van der Waals surface area (Å²) >= 11 is 0. The smallest absolute Gasteiger partial charge is 0.408 e. The van der Waals surface area contributed by atoms with E-state index in [0.29, 0.717) is 31.4 Å². The standard InChI is InChI=1S/C22H36N2O6/c1-12(2)7-8-15(25)14(5)17-19(28-6)16(9-10-22(17)11-29-22)30-21(27)24-18(13(3)4)20(23)26/h7,13,15-19,25H,5,8-11H2,1-4,6H3,(H2,23,26)(H,24,27)/t15-,16-,17+,18-,19-,22+/m1/s1. The van der Waals surface area contributed by atoms with Crippen molar-refractivity contribution in [3.63, 3.8) is 0 Å². The number of hydrogen-bond donors (Lipinski definition) is 3. The molecule has 2 fully saturated rings. The van der Waals surface area contributed by atoms with Crippen LogP contribution in [-0.4, -0.2) is 60.8 Å². The van der Waals surface area contributed by atoms with E-state index in [4.69, 9.17) is 19.9 Å². The van der Waals surface area contributed by atoms with E-state index in [9.17, 15) is 14.7 Å². The summed E-state index contributed by atoms with van der Waals surface area (Å²) in [4.78, 5) is 24.0. The van der Waals surface area contributed by atoms with Crippen LogP contribution < -0.4 is 11.1 Å². The number of amides is 2. The molecule has 1 saturated carbocycles. The first kappa shape index (κ1) is 24.4. The van der Waals surface area contributed by atoms with Gasteiger partial charge in [0.2, 0.25) is 5.91 Å². The molecule has 2 amide bonds. The number of allylic oxidation sites excluding steroid dienone is 1. The Morgan fingerprint density at radius 1 is 1.40 bits per heavy atom. The van der Waals surface area contributed by atoms with Crippen molar-refractivity contribution < 1.29 is 28.9 Å². The molecule has 1 aliphatic carbocycles. The minimum atomic E-state index is -0.822. The fourth-order valence-corrected chi connectivity index (χ4v) is 4.17. The van der Waals surface area contributed by atoms with Gasteiger partial charge < -0.3 is 30.4 Å². The normalized spacial score (nSPS) is 29.8. The maximum Gasteiger partial charge on any atom is 0.408 e. The number of hydrogen-bond acceptors (Lipinski definition) is 6. The number of carbonyl (C=O) groups excluding carboxylic acids is 2. The Hall–Kier alpha value is -1.90. The number of primary amides is 1. The number of nitrogens with two attached hydrogens (primary N) is 1. The summed E-state index contributed by atoms with van der Waals surface area (Å²) in [5, 5.41) is 13.2. The Bertz CT molecular complexity index is 681. The fraction of sp³-hybridized carbons (Fsp3) is 0.727. The molecule has 0 aromatic carbocycles. The van der Waals surface area contributed by atoms with E-state index in [1.807, 2.05) is 19.9 Å². The first-order valence-corrected chi connectivity index (χ1v) is 10.5. The zero-order valence-electron chi connectivity index (χ0n) is 18.6. The minimum absolute atomic E-state index is 0.166. The topological polar surface area (TPSA) is 123 Å². The van der Waals surface area contributed by atoms with Gasteiger partial charge in [-0.3, -0.25) is 4.79 Å². The van der Waals surface area contributed by atoms with Gasteiger partial charge in [-0.05, 0) is 44.6 Å². The van der Waals surface area contributed by atoms with Crippen molar-refractivity contribution >= 4 is 12.0 Å². The van der Waals surface area contributed by atoms with Crippen molar-refractivity contribution in [3.8, 4) is 0 Å². The summed E-state index contributed by atoms with van der Waals surface area (Å²) in [6, 6.07) is -0.822.